The first-order valence-electron chi connectivity index (χ1n) is 8.35. The number of allylic oxidation sites excluding steroid dienone is 1. The summed E-state index contributed by atoms with van der Waals surface area (Å²) < 4.78 is 0. The Balaban J connectivity index is 2.53. The molecule has 0 aliphatic rings. The molecule has 0 radical (unpaired) electrons. The van der Waals surface area contributed by atoms with Gasteiger partial charge in [0, 0.05) is 17.5 Å². The van der Waals surface area contributed by atoms with Crippen molar-refractivity contribution < 1.29 is 0 Å². The third-order valence-corrected chi connectivity index (χ3v) is 4.10. The molecule has 2 nitrogen and oxygen atoms in total. The van der Waals surface area contributed by atoms with E-state index in [-0.39, 0.29) is 0 Å². The van der Waals surface area contributed by atoms with Crippen molar-refractivity contribution in [2.45, 2.75) is 27.2 Å². The van der Waals surface area contributed by atoms with Gasteiger partial charge in [-0.05, 0) is 48.6 Å². The van der Waals surface area contributed by atoms with Gasteiger partial charge in [0.25, 0.3) is 0 Å². The summed E-state index contributed by atoms with van der Waals surface area (Å²) in [7, 11) is 0. The van der Waals surface area contributed by atoms with Crippen LogP contribution in [0, 0.1) is 13.8 Å². The Hall–Kier alpha value is -2.61. The van der Waals surface area contributed by atoms with E-state index >= 15 is 0 Å². The highest BCUT2D eigenvalue weighted by Crippen LogP contribution is 2.28. The Morgan fingerprint density at radius 3 is 2.50 bits per heavy atom. The second kappa shape index (κ2) is 8.30. The van der Waals surface area contributed by atoms with Crippen molar-refractivity contribution in [1.29, 1.82) is 0 Å². The number of rotatable bonds is 6. The second-order valence-electron chi connectivity index (χ2n) is 5.91. The van der Waals surface area contributed by atoms with Gasteiger partial charge in [-0.2, -0.15) is 0 Å². The molecule has 0 aliphatic carbocycles. The van der Waals surface area contributed by atoms with Crippen LogP contribution in [0.15, 0.2) is 66.3 Å². The maximum atomic E-state index is 5.97. The van der Waals surface area contributed by atoms with E-state index in [0.29, 0.717) is 6.54 Å². The molecular formula is C22H26N2. The van der Waals surface area contributed by atoms with Crippen LogP contribution in [0.5, 0.6) is 0 Å². The highest BCUT2D eigenvalue weighted by molar-refractivity contribution is 6.24. The lowest BCUT2D eigenvalue weighted by molar-refractivity contribution is 1.19. The van der Waals surface area contributed by atoms with Crippen LogP contribution in [0.1, 0.15) is 30.0 Å². The molecule has 2 aromatic rings. The smallest absolute Gasteiger partial charge is 0.0571 e. The van der Waals surface area contributed by atoms with Gasteiger partial charge >= 0.3 is 0 Å². The predicted octanol–water partition coefficient (Wildman–Crippen LogP) is 5.31. The summed E-state index contributed by atoms with van der Waals surface area (Å²) in [5.74, 6) is 0. The van der Waals surface area contributed by atoms with Gasteiger partial charge in [-0.25, -0.2) is 0 Å². The summed E-state index contributed by atoms with van der Waals surface area (Å²) in [5.41, 5.74) is 14.0. The maximum absolute atomic E-state index is 5.97. The quantitative estimate of drug-likeness (QED) is 0.569. The zero-order chi connectivity index (χ0) is 17.5. The normalized spacial score (nSPS) is 12.3. The van der Waals surface area contributed by atoms with Crippen molar-refractivity contribution in [3.8, 4) is 11.1 Å². The first kappa shape index (κ1) is 17.7. The highest BCUT2D eigenvalue weighted by atomic mass is 14.7. The first-order valence-corrected chi connectivity index (χ1v) is 8.35. The monoisotopic (exact) mass is 318 g/mol. The average Bonchev–Trinajstić information content (AvgIpc) is 2.59. The number of nitrogens with zero attached hydrogens (tertiary/aromatic N) is 1. The molecule has 2 N–H and O–H groups in total. The number of aryl methyl sites for hydroxylation is 2. The van der Waals surface area contributed by atoms with Gasteiger partial charge in [0.1, 0.15) is 0 Å². The van der Waals surface area contributed by atoms with Crippen LogP contribution in [0.2, 0.25) is 0 Å². The number of benzene rings is 2. The molecule has 0 spiro atoms. The Labute approximate surface area is 145 Å². The van der Waals surface area contributed by atoms with E-state index in [4.69, 9.17) is 5.73 Å². The fourth-order valence-corrected chi connectivity index (χ4v) is 2.82. The van der Waals surface area contributed by atoms with Crippen molar-refractivity contribution in [2.24, 2.45) is 10.7 Å². The minimum atomic E-state index is 0.608. The van der Waals surface area contributed by atoms with Crippen LogP contribution in [0.4, 0.5) is 0 Å². The Morgan fingerprint density at radius 1 is 1.12 bits per heavy atom. The fourth-order valence-electron chi connectivity index (χ4n) is 2.82. The van der Waals surface area contributed by atoms with E-state index in [0.717, 1.165) is 23.3 Å². The minimum absolute atomic E-state index is 0.608. The Kier molecular flexibility index (Phi) is 6.14. The van der Waals surface area contributed by atoms with Gasteiger partial charge < -0.3 is 5.73 Å². The van der Waals surface area contributed by atoms with Crippen molar-refractivity contribution in [3.63, 3.8) is 0 Å². The Bertz CT molecular complexity index is 782. The zero-order valence-corrected chi connectivity index (χ0v) is 14.8. The predicted molar refractivity (Wildman–Crippen MR) is 106 cm³/mol. The van der Waals surface area contributed by atoms with E-state index in [9.17, 15) is 0 Å². The lowest BCUT2D eigenvalue weighted by atomic mass is 9.92. The number of hydrogen-bond donors (Lipinski definition) is 1. The maximum Gasteiger partial charge on any atom is 0.0571 e. The van der Waals surface area contributed by atoms with Crippen LogP contribution < -0.4 is 5.73 Å². The number of hydrogen-bond acceptors (Lipinski definition) is 2. The lowest BCUT2D eigenvalue weighted by Gasteiger charge is -2.14. The number of aliphatic imine (C=N–C) groups is 1. The molecule has 0 unspecified atom stereocenters. The van der Waals surface area contributed by atoms with Crippen LogP contribution in [-0.2, 0) is 0 Å². The molecule has 2 aromatic carbocycles. The molecule has 0 amide bonds. The molecule has 0 fully saturated rings. The third-order valence-electron chi connectivity index (χ3n) is 4.10. The summed E-state index contributed by atoms with van der Waals surface area (Å²) in [4.78, 5) is 4.62. The fraction of sp³-hybridized carbons (Fsp3) is 0.227. The summed E-state index contributed by atoms with van der Waals surface area (Å²) in [6.07, 6.45) is 4.32. The van der Waals surface area contributed by atoms with Crippen LogP contribution in [0.25, 0.3) is 16.7 Å². The molecule has 0 aromatic heterocycles. The standard InChI is InChI=1S/C22H26N2/c1-5-12-24-22(6-2)21(15-23)20-14-19(11-10-17(20)4)18-9-7-8-16(3)13-18/h5,7-11,13-15H,1,6,12,23H2,2-4H3. The molecule has 2 rings (SSSR count). The SMILES string of the molecule is C=CCN=C(CC)C(=CN)c1cc(-c2cccc(C)c2)ccc1C. The van der Waals surface area contributed by atoms with Gasteiger partial charge in [0.05, 0.1) is 6.54 Å². The molecule has 24 heavy (non-hydrogen) atoms. The molecule has 124 valence electrons. The van der Waals surface area contributed by atoms with Crippen molar-refractivity contribution in [1.82, 2.24) is 0 Å². The van der Waals surface area contributed by atoms with Crippen LogP contribution >= 0.6 is 0 Å². The summed E-state index contributed by atoms with van der Waals surface area (Å²) in [6.45, 7) is 10.7. The van der Waals surface area contributed by atoms with Crippen molar-refractivity contribution in [2.75, 3.05) is 6.54 Å². The van der Waals surface area contributed by atoms with E-state index < -0.39 is 0 Å². The van der Waals surface area contributed by atoms with Crippen LogP contribution in [-0.4, -0.2) is 12.3 Å². The highest BCUT2D eigenvalue weighted by Gasteiger charge is 2.12. The van der Waals surface area contributed by atoms with E-state index in [1.807, 2.05) is 0 Å². The average molecular weight is 318 g/mol. The van der Waals surface area contributed by atoms with Gasteiger partial charge in [0.15, 0.2) is 0 Å². The van der Waals surface area contributed by atoms with Crippen LogP contribution in [0.3, 0.4) is 0 Å². The van der Waals surface area contributed by atoms with Crippen molar-refractivity contribution in [3.05, 3.63) is 78.0 Å². The van der Waals surface area contributed by atoms with Gasteiger partial charge in [-0.15, -0.1) is 6.58 Å². The van der Waals surface area contributed by atoms with E-state index in [1.54, 1.807) is 12.3 Å². The van der Waals surface area contributed by atoms with Gasteiger partial charge in [0.2, 0.25) is 0 Å². The number of nitrogens with two attached hydrogens (primary N) is 1. The molecule has 0 saturated heterocycles. The van der Waals surface area contributed by atoms with E-state index in [1.165, 1.54) is 22.3 Å². The topological polar surface area (TPSA) is 38.4 Å². The molecular weight excluding hydrogens is 292 g/mol. The molecule has 0 bridgehead atoms. The van der Waals surface area contributed by atoms with E-state index in [2.05, 4.69) is 74.8 Å². The van der Waals surface area contributed by atoms with Gasteiger partial charge in [-0.3, -0.25) is 4.99 Å². The summed E-state index contributed by atoms with van der Waals surface area (Å²) in [6, 6.07) is 15.1. The Morgan fingerprint density at radius 2 is 1.88 bits per heavy atom. The summed E-state index contributed by atoms with van der Waals surface area (Å²) >= 11 is 0. The second-order valence-corrected chi connectivity index (χ2v) is 5.91. The zero-order valence-electron chi connectivity index (χ0n) is 14.8. The summed E-state index contributed by atoms with van der Waals surface area (Å²) in [5, 5.41) is 0. The molecule has 0 heterocycles. The first-order chi connectivity index (χ1) is 11.6. The molecule has 0 atom stereocenters. The van der Waals surface area contributed by atoms with Crippen molar-refractivity contribution >= 4 is 11.3 Å². The minimum Gasteiger partial charge on any atom is -0.404 e. The molecule has 0 aliphatic heterocycles. The molecule has 2 heteroatoms. The van der Waals surface area contributed by atoms with Gasteiger partial charge in [-0.1, -0.05) is 55.0 Å². The third kappa shape index (κ3) is 4.02. The lowest BCUT2D eigenvalue weighted by Crippen LogP contribution is -2.06. The largest absolute Gasteiger partial charge is 0.404 e. The molecule has 0 saturated carbocycles.